The summed E-state index contributed by atoms with van der Waals surface area (Å²) in [5.41, 5.74) is 1.38. The minimum absolute atomic E-state index is 0.142. The van der Waals surface area contributed by atoms with Gasteiger partial charge in [-0.3, -0.25) is 4.79 Å². The predicted molar refractivity (Wildman–Crippen MR) is 98.3 cm³/mol. The van der Waals surface area contributed by atoms with Crippen LogP contribution in [0.1, 0.15) is 24.8 Å². The summed E-state index contributed by atoms with van der Waals surface area (Å²) in [6.45, 7) is 1.64. The molecule has 0 aromatic heterocycles. The van der Waals surface area contributed by atoms with Crippen LogP contribution in [0.3, 0.4) is 0 Å². The Morgan fingerprint density at radius 1 is 1.23 bits per heavy atom. The Balaban J connectivity index is 1.56. The van der Waals surface area contributed by atoms with Crippen LogP contribution in [-0.4, -0.2) is 20.2 Å². The van der Waals surface area contributed by atoms with Crippen molar-refractivity contribution >= 4 is 33.1 Å². The summed E-state index contributed by atoms with van der Waals surface area (Å²) in [6, 6.07) is 11.0. The van der Waals surface area contributed by atoms with Gasteiger partial charge in [0.15, 0.2) is 0 Å². The Labute approximate surface area is 151 Å². The molecule has 0 bridgehead atoms. The summed E-state index contributed by atoms with van der Waals surface area (Å²) in [7, 11) is -3.72. The van der Waals surface area contributed by atoms with Crippen molar-refractivity contribution < 1.29 is 17.6 Å². The highest BCUT2D eigenvalue weighted by atomic mass is 32.2. The molecule has 0 atom stereocenters. The Kier molecular flexibility index (Phi) is 5.03. The van der Waals surface area contributed by atoms with E-state index >= 15 is 0 Å². The van der Waals surface area contributed by atoms with E-state index in [1.54, 1.807) is 37.3 Å². The Morgan fingerprint density at radius 2 is 2.00 bits per heavy atom. The second kappa shape index (κ2) is 7.25. The lowest BCUT2D eigenvalue weighted by molar-refractivity contribution is -0.116. The molecule has 2 aromatic rings. The van der Waals surface area contributed by atoms with Gasteiger partial charge in [0, 0.05) is 18.5 Å². The van der Waals surface area contributed by atoms with E-state index in [1.165, 1.54) is 12.1 Å². The number of nitrogens with zero attached hydrogens (tertiary/aromatic N) is 1. The number of fused-ring (bicyclic) bond motifs is 1. The molecule has 1 aliphatic heterocycles. The van der Waals surface area contributed by atoms with Gasteiger partial charge in [-0.15, -0.1) is 4.40 Å². The van der Waals surface area contributed by atoms with E-state index in [0.717, 1.165) is 0 Å². The summed E-state index contributed by atoms with van der Waals surface area (Å²) in [5, 5.41) is 5.60. The molecule has 0 unspecified atom stereocenters. The largest absolute Gasteiger partial charge is 0.342 e. The maximum atomic E-state index is 13.5. The number of sulfonamides is 1. The monoisotopic (exact) mass is 375 g/mol. The molecular weight excluding hydrogens is 357 g/mol. The zero-order chi connectivity index (χ0) is 18.7. The van der Waals surface area contributed by atoms with E-state index in [0.29, 0.717) is 35.6 Å². The molecule has 1 aliphatic rings. The molecular formula is C18H18FN3O3S. The second-order valence-corrected chi connectivity index (χ2v) is 7.57. The molecule has 0 spiro atoms. The van der Waals surface area contributed by atoms with Gasteiger partial charge >= 0.3 is 0 Å². The van der Waals surface area contributed by atoms with Crippen molar-refractivity contribution in [3.8, 4) is 0 Å². The van der Waals surface area contributed by atoms with Crippen LogP contribution < -0.4 is 10.6 Å². The van der Waals surface area contributed by atoms with E-state index in [1.807, 2.05) is 0 Å². The van der Waals surface area contributed by atoms with Gasteiger partial charge in [-0.25, -0.2) is 4.39 Å². The predicted octanol–water partition coefficient (Wildman–Crippen LogP) is 3.46. The van der Waals surface area contributed by atoms with Crippen molar-refractivity contribution in [2.75, 3.05) is 10.6 Å². The average molecular weight is 375 g/mol. The van der Waals surface area contributed by atoms with E-state index < -0.39 is 10.0 Å². The zero-order valence-corrected chi connectivity index (χ0v) is 14.9. The smallest absolute Gasteiger partial charge is 0.286 e. The molecule has 1 heterocycles. The highest BCUT2D eigenvalue weighted by Crippen LogP contribution is 2.27. The van der Waals surface area contributed by atoms with Crippen LogP contribution in [0.15, 0.2) is 51.8 Å². The maximum absolute atomic E-state index is 13.5. The summed E-state index contributed by atoms with van der Waals surface area (Å²) in [5.74, 6) is -0.349. The minimum atomic E-state index is -3.72. The van der Waals surface area contributed by atoms with Crippen molar-refractivity contribution in [3.05, 3.63) is 53.8 Å². The van der Waals surface area contributed by atoms with Crippen molar-refractivity contribution in [2.45, 2.75) is 31.1 Å². The van der Waals surface area contributed by atoms with E-state index in [-0.39, 0.29) is 23.0 Å². The minimum Gasteiger partial charge on any atom is -0.342 e. The van der Waals surface area contributed by atoms with Crippen molar-refractivity contribution in [3.63, 3.8) is 0 Å². The SMILES string of the molecule is Cc1ccc(NC(=O)CCCC2=NS(=O)(=O)c3ccccc3N2)cc1F. The zero-order valence-electron chi connectivity index (χ0n) is 14.1. The fourth-order valence-corrected chi connectivity index (χ4v) is 3.76. The lowest BCUT2D eigenvalue weighted by Gasteiger charge is -2.17. The van der Waals surface area contributed by atoms with Crippen molar-refractivity contribution in [1.82, 2.24) is 0 Å². The second-order valence-electron chi connectivity index (χ2n) is 6.00. The van der Waals surface area contributed by atoms with Crippen LogP contribution in [0, 0.1) is 12.7 Å². The topological polar surface area (TPSA) is 87.6 Å². The van der Waals surface area contributed by atoms with Gasteiger partial charge in [0.05, 0.1) is 5.69 Å². The molecule has 0 aliphatic carbocycles. The number of carbonyl (C=O) groups excluding carboxylic acids is 1. The van der Waals surface area contributed by atoms with Crippen LogP contribution >= 0.6 is 0 Å². The van der Waals surface area contributed by atoms with Crippen LogP contribution in [0.5, 0.6) is 0 Å². The first-order chi connectivity index (χ1) is 12.3. The Bertz CT molecular complexity index is 987. The summed E-state index contributed by atoms with van der Waals surface area (Å²) in [4.78, 5) is 12.1. The van der Waals surface area contributed by atoms with E-state index in [2.05, 4.69) is 15.0 Å². The van der Waals surface area contributed by atoms with Gasteiger partial charge in [-0.1, -0.05) is 18.2 Å². The number of aryl methyl sites for hydroxylation is 1. The number of anilines is 2. The lowest BCUT2D eigenvalue weighted by Crippen LogP contribution is -2.22. The first-order valence-corrected chi connectivity index (χ1v) is 9.55. The molecule has 3 rings (SSSR count). The van der Waals surface area contributed by atoms with Crippen molar-refractivity contribution in [1.29, 1.82) is 0 Å². The van der Waals surface area contributed by atoms with Gasteiger partial charge < -0.3 is 10.6 Å². The third kappa shape index (κ3) is 4.08. The summed E-state index contributed by atoms with van der Waals surface area (Å²) < 4.78 is 41.5. The first kappa shape index (κ1) is 18.1. The van der Waals surface area contributed by atoms with Gasteiger partial charge in [0.1, 0.15) is 16.5 Å². The Morgan fingerprint density at radius 3 is 2.77 bits per heavy atom. The number of carbonyl (C=O) groups is 1. The Hall–Kier alpha value is -2.74. The molecule has 26 heavy (non-hydrogen) atoms. The molecule has 136 valence electrons. The van der Waals surface area contributed by atoms with Crippen LogP contribution in [0.25, 0.3) is 0 Å². The average Bonchev–Trinajstić information content (AvgIpc) is 2.58. The van der Waals surface area contributed by atoms with Gasteiger partial charge in [-0.2, -0.15) is 8.42 Å². The highest BCUT2D eigenvalue weighted by Gasteiger charge is 2.23. The third-order valence-corrected chi connectivity index (χ3v) is 5.32. The third-order valence-electron chi connectivity index (χ3n) is 3.95. The number of amidine groups is 1. The summed E-state index contributed by atoms with van der Waals surface area (Å²) in [6.07, 6.45) is 0.880. The number of para-hydroxylation sites is 1. The van der Waals surface area contributed by atoms with E-state index in [9.17, 15) is 17.6 Å². The summed E-state index contributed by atoms with van der Waals surface area (Å²) >= 11 is 0. The number of benzene rings is 2. The normalized spacial score (nSPS) is 14.8. The van der Waals surface area contributed by atoms with Crippen LogP contribution in [0.4, 0.5) is 15.8 Å². The highest BCUT2D eigenvalue weighted by molar-refractivity contribution is 7.90. The molecule has 6 nitrogen and oxygen atoms in total. The molecule has 8 heteroatoms. The number of amides is 1. The van der Waals surface area contributed by atoms with Gasteiger partial charge in [0.2, 0.25) is 5.91 Å². The van der Waals surface area contributed by atoms with E-state index in [4.69, 9.17) is 0 Å². The lowest BCUT2D eigenvalue weighted by atomic mass is 10.2. The molecule has 0 radical (unpaired) electrons. The fraction of sp³-hybridized carbons (Fsp3) is 0.222. The molecule has 0 saturated heterocycles. The van der Waals surface area contributed by atoms with Crippen LogP contribution in [0.2, 0.25) is 0 Å². The van der Waals surface area contributed by atoms with Crippen LogP contribution in [-0.2, 0) is 14.8 Å². The van der Waals surface area contributed by atoms with Gasteiger partial charge in [0.25, 0.3) is 10.0 Å². The molecule has 1 amide bonds. The number of nitrogens with one attached hydrogen (secondary N) is 2. The maximum Gasteiger partial charge on any atom is 0.286 e. The fourth-order valence-electron chi connectivity index (χ4n) is 2.59. The molecule has 0 saturated carbocycles. The quantitative estimate of drug-likeness (QED) is 0.838. The molecule has 2 aromatic carbocycles. The first-order valence-electron chi connectivity index (χ1n) is 8.11. The van der Waals surface area contributed by atoms with Gasteiger partial charge in [-0.05, 0) is 43.2 Å². The van der Waals surface area contributed by atoms with Crippen molar-refractivity contribution in [2.24, 2.45) is 4.40 Å². The standard InChI is InChI=1S/C18H18FN3O3S/c1-12-9-10-13(11-14(12)19)20-18(23)8-4-7-17-21-15-5-2-3-6-16(15)26(24,25)22-17/h2-3,5-6,9-11H,4,7-8H2,1H3,(H,20,23)(H,21,22). The molecule has 0 fully saturated rings. The number of hydrogen-bond donors (Lipinski definition) is 2. The number of rotatable bonds is 5. The number of hydrogen-bond acceptors (Lipinski definition) is 4. The molecule has 2 N–H and O–H groups in total. The number of halogens is 1.